The average Bonchev–Trinajstić information content (AvgIpc) is 2.98. The number of amides is 2. The van der Waals surface area contributed by atoms with Gasteiger partial charge in [0.25, 0.3) is 0 Å². The third kappa shape index (κ3) is 3.91. The van der Waals surface area contributed by atoms with Gasteiger partial charge >= 0.3 is 6.03 Å². The van der Waals surface area contributed by atoms with Gasteiger partial charge in [0.1, 0.15) is 0 Å². The van der Waals surface area contributed by atoms with Crippen molar-refractivity contribution >= 4 is 22.5 Å². The van der Waals surface area contributed by atoms with Gasteiger partial charge < -0.3 is 10.1 Å². The topological polar surface area (TPSA) is 66.5 Å². The summed E-state index contributed by atoms with van der Waals surface area (Å²) < 4.78 is 5.39. The zero-order valence-corrected chi connectivity index (χ0v) is 12.8. The highest BCUT2D eigenvalue weighted by Gasteiger charge is 2.31. The van der Waals surface area contributed by atoms with Crippen LogP contribution in [0.15, 0.2) is 11.6 Å². The van der Waals surface area contributed by atoms with Crippen molar-refractivity contribution in [2.24, 2.45) is 0 Å². The Labute approximate surface area is 123 Å². The molecule has 2 rings (SSSR count). The first-order valence-corrected chi connectivity index (χ1v) is 7.79. The molecule has 6 nitrogen and oxygen atoms in total. The predicted molar refractivity (Wildman–Crippen MR) is 80.2 cm³/mol. The molecule has 0 bridgehead atoms. The lowest BCUT2D eigenvalue weighted by atomic mass is 9.95. The molecule has 0 aromatic carbocycles. The number of hydrogen-bond donors (Lipinski definition) is 2. The first-order valence-electron chi connectivity index (χ1n) is 6.91. The monoisotopic (exact) mass is 298 g/mol. The van der Waals surface area contributed by atoms with Gasteiger partial charge in [0.05, 0.1) is 13.2 Å². The Hall–Kier alpha value is -1.18. The van der Waals surface area contributed by atoms with Gasteiger partial charge in [0, 0.05) is 36.8 Å². The van der Waals surface area contributed by atoms with E-state index in [2.05, 4.69) is 34.4 Å². The van der Waals surface area contributed by atoms with Crippen LogP contribution in [0.2, 0.25) is 0 Å². The van der Waals surface area contributed by atoms with Crippen molar-refractivity contribution in [3.8, 4) is 0 Å². The Morgan fingerprint density at radius 3 is 2.90 bits per heavy atom. The fourth-order valence-electron chi connectivity index (χ4n) is 2.26. The molecule has 1 saturated heterocycles. The Morgan fingerprint density at radius 1 is 1.55 bits per heavy atom. The minimum Gasteiger partial charge on any atom is -0.379 e. The molecule has 7 heteroatoms. The van der Waals surface area contributed by atoms with E-state index in [1.54, 1.807) is 6.20 Å². The van der Waals surface area contributed by atoms with E-state index in [0.717, 1.165) is 32.7 Å². The van der Waals surface area contributed by atoms with Crippen molar-refractivity contribution in [2.45, 2.75) is 25.8 Å². The summed E-state index contributed by atoms with van der Waals surface area (Å²) in [6, 6.07) is -0.201. The molecule has 1 aliphatic heterocycles. The third-order valence-electron chi connectivity index (χ3n) is 3.82. The molecule has 112 valence electrons. The zero-order valence-electron chi connectivity index (χ0n) is 12.0. The molecule has 0 radical (unpaired) electrons. The van der Waals surface area contributed by atoms with Gasteiger partial charge in [-0.2, -0.15) is 0 Å². The van der Waals surface area contributed by atoms with Crippen LogP contribution in [0.3, 0.4) is 0 Å². The molecule has 1 aromatic heterocycles. The summed E-state index contributed by atoms with van der Waals surface area (Å²) in [6.07, 6.45) is 2.65. The summed E-state index contributed by atoms with van der Waals surface area (Å²) in [5, 5.41) is 8.13. The maximum Gasteiger partial charge on any atom is 0.321 e. The van der Waals surface area contributed by atoms with E-state index in [9.17, 15) is 4.79 Å². The van der Waals surface area contributed by atoms with Crippen LogP contribution in [0.25, 0.3) is 0 Å². The van der Waals surface area contributed by atoms with Gasteiger partial charge in [-0.1, -0.05) is 6.92 Å². The number of rotatable bonds is 5. The van der Waals surface area contributed by atoms with E-state index < -0.39 is 0 Å². The van der Waals surface area contributed by atoms with E-state index in [-0.39, 0.29) is 11.6 Å². The summed E-state index contributed by atoms with van der Waals surface area (Å²) in [6.45, 7) is 8.31. The number of thiazole rings is 1. The van der Waals surface area contributed by atoms with Gasteiger partial charge in [-0.05, 0) is 13.3 Å². The van der Waals surface area contributed by atoms with Crippen LogP contribution in [0.4, 0.5) is 9.93 Å². The van der Waals surface area contributed by atoms with E-state index in [0.29, 0.717) is 11.7 Å². The van der Waals surface area contributed by atoms with Crippen molar-refractivity contribution in [1.29, 1.82) is 0 Å². The van der Waals surface area contributed by atoms with Crippen molar-refractivity contribution in [2.75, 3.05) is 38.2 Å². The molecule has 0 aliphatic carbocycles. The standard InChI is InChI=1S/C13H22N4O2S/c1-3-13(2,17-5-7-19-8-6-17)10-15-11(18)16-12-14-4-9-20-12/h4,9H,3,5-8,10H2,1-2H3,(H2,14,15,16,18)/t13-/m0/s1. The van der Waals surface area contributed by atoms with E-state index in [1.165, 1.54) is 11.3 Å². The van der Waals surface area contributed by atoms with Crippen LogP contribution in [0.1, 0.15) is 20.3 Å². The third-order valence-corrected chi connectivity index (χ3v) is 4.51. The second-order valence-electron chi connectivity index (χ2n) is 5.09. The Balaban J connectivity index is 1.84. The van der Waals surface area contributed by atoms with E-state index in [1.807, 2.05) is 5.38 Å². The summed E-state index contributed by atoms with van der Waals surface area (Å²) in [4.78, 5) is 18.3. The smallest absolute Gasteiger partial charge is 0.321 e. The molecular weight excluding hydrogens is 276 g/mol. The van der Waals surface area contributed by atoms with Crippen LogP contribution < -0.4 is 10.6 Å². The largest absolute Gasteiger partial charge is 0.379 e. The van der Waals surface area contributed by atoms with Crippen molar-refractivity contribution < 1.29 is 9.53 Å². The SMILES string of the molecule is CC[C@@](C)(CNC(=O)Nc1nccs1)N1CCOCC1. The number of aromatic nitrogens is 1. The summed E-state index contributed by atoms with van der Waals surface area (Å²) in [7, 11) is 0. The lowest BCUT2D eigenvalue weighted by molar-refractivity contribution is -0.0163. The number of nitrogens with one attached hydrogen (secondary N) is 2. The number of hydrogen-bond acceptors (Lipinski definition) is 5. The highest BCUT2D eigenvalue weighted by atomic mass is 32.1. The minimum absolute atomic E-state index is 0.0377. The maximum atomic E-state index is 11.9. The van der Waals surface area contributed by atoms with Crippen molar-refractivity contribution in [3.63, 3.8) is 0 Å². The number of urea groups is 1. The Kier molecular flexibility index (Phi) is 5.33. The van der Waals surface area contributed by atoms with E-state index in [4.69, 9.17) is 4.74 Å². The number of morpholine rings is 1. The fourth-order valence-corrected chi connectivity index (χ4v) is 2.78. The summed E-state index contributed by atoms with van der Waals surface area (Å²) in [5.41, 5.74) is -0.0377. The normalized spacial score (nSPS) is 19.3. The molecule has 20 heavy (non-hydrogen) atoms. The Bertz CT molecular complexity index is 420. The molecule has 1 atom stereocenters. The molecule has 2 heterocycles. The number of carbonyl (C=O) groups is 1. The van der Waals surface area contributed by atoms with Gasteiger partial charge in [-0.15, -0.1) is 11.3 Å². The first kappa shape index (κ1) is 15.2. The summed E-state index contributed by atoms with van der Waals surface area (Å²) >= 11 is 1.41. The van der Waals surface area contributed by atoms with Gasteiger partial charge in [-0.3, -0.25) is 10.2 Å². The highest BCUT2D eigenvalue weighted by molar-refractivity contribution is 7.13. The molecule has 0 saturated carbocycles. The lowest BCUT2D eigenvalue weighted by Gasteiger charge is -2.42. The molecule has 1 aromatic rings. The lowest BCUT2D eigenvalue weighted by Crippen LogP contribution is -2.57. The highest BCUT2D eigenvalue weighted by Crippen LogP contribution is 2.20. The van der Waals surface area contributed by atoms with Crippen LogP contribution in [-0.2, 0) is 4.74 Å². The van der Waals surface area contributed by atoms with Crippen molar-refractivity contribution in [1.82, 2.24) is 15.2 Å². The predicted octanol–water partition coefficient (Wildman–Crippen LogP) is 1.77. The number of anilines is 1. The van der Waals surface area contributed by atoms with Gasteiger partial charge in [0.2, 0.25) is 0 Å². The molecule has 0 spiro atoms. The fraction of sp³-hybridized carbons (Fsp3) is 0.692. The molecule has 2 amide bonds. The number of ether oxygens (including phenoxy) is 1. The maximum absolute atomic E-state index is 11.9. The molecule has 1 aliphatic rings. The zero-order chi connectivity index (χ0) is 14.4. The second-order valence-corrected chi connectivity index (χ2v) is 5.99. The van der Waals surface area contributed by atoms with Crippen LogP contribution >= 0.6 is 11.3 Å². The second kappa shape index (κ2) is 7.01. The van der Waals surface area contributed by atoms with Crippen molar-refractivity contribution in [3.05, 3.63) is 11.6 Å². The van der Waals surface area contributed by atoms with Crippen LogP contribution in [0.5, 0.6) is 0 Å². The van der Waals surface area contributed by atoms with Gasteiger partial charge in [0.15, 0.2) is 5.13 Å². The number of carbonyl (C=O) groups excluding carboxylic acids is 1. The summed E-state index contributed by atoms with van der Waals surface area (Å²) in [5.74, 6) is 0. The quantitative estimate of drug-likeness (QED) is 0.869. The number of nitrogens with zero attached hydrogens (tertiary/aromatic N) is 2. The average molecular weight is 298 g/mol. The van der Waals surface area contributed by atoms with Crippen LogP contribution in [-0.4, -0.2) is 54.3 Å². The molecule has 2 N–H and O–H groups in total. The molecular formula is C13H22N4O2S. The molecule has 0 unspecified atom stereocenters. The minimum atomic E-state index is -0.201. The van der Waals surface area contributed by atoms with Gasteiger partial charge in [-0.25, -0.2) is 9.78 Å². The van der Waals surface area contributed by atoms with E-state index >= 15 is 0 Å². The van der Waals surface area contributed by atoms with Crippen LogP contribution in [0, 0.1) is 0 Å². The molecule has 1 fully saturated rings. The Morgan fingerprint density at radius 2 is 2.30 bits per heavy atom. The first-order chi connectivity index (χ1) is 9.64.